The molecule has 0 aliphatic rings. The van der Waals surface area contributed by atoms with E-state index >= 15 is 0 Å². The topological polar surface area (TPSA) is 50.8 Å². The van der Waals surface area contributed by atoms with Crippen LogP contribution in [0.2, 0.25) is 0 Å². The summed E-state index contributed by atoms with van der Waals surface area (Å²) >= 11 is 0. The summed E-state index contributed by atoms with van der Waals surface area (Å²) in [5.74, 6) is 1.47. The summed E-state index contributed by atoms with van der Waals surface area (Å²) in [6.45, 7) is 6.54. The molecule has 0 saturated carbocycles. The molecule has 0 spiro atoms. The first-order chi connectivity index (χ1) is 9.64. The first-order valence-electron chi connectivity index (χ1n) is 6.84. The SMILES string of the molecule is CCNC(=O)CN(CC)Cc1ccc(OC)c(OC)c1. The lowest BCUT2D eigenvalue weighted by Gasteiger charge is -2.20. The van der Waals surface area contributed by atoms with Crippen LogP contribution in [0.5, 0.6) is 11.5 Å². The lowest BCUT2D eigenvalue weighted by atomic mass is 10.2. The molecule has 0 fully saturated rings. The van der Waals surface area contributed by atoms with Crippen LogP contribution in [0.4, 0.5) is 0 Å². The predicted molar refractivity (Wildman–Crippen MR) is 79.2 cm³/mol. The van der Waals surface area contributed by atoms with E-state index in [1.165, 1.54) is 0 Å². The molecule has 1 N–H and O–H groups in total. The van der Waals surface area contributed by atoms with Gasteiger partial charge in [-0.1, -0.05) is 13.0 Å². The highest BCUT2D eigenvalue weighted by Gasteiger charge is 2.11. The van der Waals surface area contributed by atoms with Crippen molar-refractivity contribution in [3.05, 3.63) is 23.8 Å². The number of nitrogens with zero attached hydrogens (tertiary/aromatic N) is 1. The molecule has 0 aliphatic carbocycles. The van der Waals surface area contributed by atoms with Gasteiger partial charge < -0.3 is 14.8 Å². The number of likely N-dealkylation sites (N-methyl/N-ethyl adjacent to an activating group) is 2. The Balaban J connectivity index is 2.72. The second kappa shape index (κ2) is 8.43. The molecule has 0 atom stereocenters. The molecule has 0 aromatic heterocycles. The summed E-state index contributed by atoms with van der Waals surface area (Å²) in [6, 6.07) is 5.81. The van der Waals surface area contributed by atoms with Crippen LogP contribution in [0.3, 0.4) is 0 Å². The Labute approximate surface area is 120 Å². The molecule has 1 aromatic carbocycles. The van der Waals surface area contributed by atoms with Crippen molar-refractivity contribution in [3.8, 4) is 11.5 Å². The van der Waals surface area contributed by atoms with Gasteiger partial charge in [-0.05, 0) is 31.2 Å². The third-order valence-electron chi connectivity index (χ3n) is 3.04. The molecule has 0 unspecified atom stereocenters. The molecule has 1 rings (SSSR count). The number of carbonyl (C=O) groups excluding carboxylic acids is 1. The van der Waals surface area contributed by atoms with Gasteiger partial charge >= 0.3 is 0 Å². The Kier molecular flexibility index (Phi) is 6.87. The van der Waals surface area contributed by atoms with Gasteiger partial charge in [0.05, 0.1) is 20.8 Å². The van der Waals surface area contributed by atoms with Gasteiger partial charge in [0.1, 0.15) is 0 Å². The average Bonchev–Trinajstić information content (AvgIpc) is 2.46. The van der Waals surface area contributed by atoms with E-state index in [1.54, 1.807) is 14.2 Å². The first kappa shape index (κ1) is 16.3. The van der Waals surface area contributed by atoms with Gasteiger partial charge in [0, 0.05) is 13.1 Å². The summed E-state index contributed by atoms with van der Waals surface area (Å²) in [7, 11) is 3.23. The van der Waals surface area contributed by atoms with Crippen molar-refractivity contribution in [1.82, 2.24) is 10.2 Å². The molecule has 5 nitrogen and oxygen atoms in total. The highest BCUT2D eigenvalue weighted by Crippen LogP contribution is 2.27. The lowest BCUT2D eigenvalue weighted by Crippen LogP contribution is -2.36. The van der Waals surface area contributed by atoms with Gasteiger partial charge in [-0.15, -0.1) is 0 Å². The molecule has 5 heteroatoms. The van der Waals surface area contributed by atoms with Gasteiger partial charge in [-0.2, -0.15) is 0 Å². The molecule has 0 bridgehead atoms. The highest BCUT2D eigenvalue weighted by atomic mass is 16.5. The van der Waals surface area contributed by atoms with Crippen LogP contribution < -0.4 is 14.8 Å². The van der Waals surface area contributed by atoms with Crippen molar-refractivity contribution in [1.29, 1.82) is 0 Å². The molecule has 1 aromatic rings. The largest absolute Gasteiger partial charge is 0.493 e. The van der Waals surface area contributed by atoms with Crippen LogP contribution in [0.25, 0.3) is 0 Å². The summed E-state index contributed by atoms with van der Waals surface area (Å²) in [4.78, 5) is 13.7. The zero-order chi connectivity index (χ0) is 15.0. The standard InChI is InChI=1S/C15H24N2O3/c1-5-16-15(18)11-17(6-2)10-12-7-8-13(19-3)14(9-12)20-4/h7-9H,5-6,10-11H2,1-4H3,(H,16,18). The van der Waals surface area contributed by atoms with E-state index in [4.69, 9.17) is 9.47 Å². The van der Waals surface area contributed by atoms with E-state index in [9.17, 15) is 4.79 Å². The number of carbonyl (C=O) groups is 1. The summed E-state index contributed by atoms with van der Waals surface area (Å²) < 4.78 is 10.5. The summed E-state index contributed by atoms with van der Waals surface area (Å²) in [5, 5.41) is 2.81. The van der Waals surface area contributed by atoms with Crippen LogP contribution in [-0.2, 0) is 11.3 Å². The number of hydrogen-bond donors (Lipinski definition) is 1. The van der Waals surface area contributed by atoms with Crippen LogP contribution in [0.1, 0.15) is 19.4 Å². The maximum Gasteiger partial charge on any atom is 0.234 e. The van der Waals surface area contributed by atoms with Gasteiger partial charge in [0.2, 0.25) is 5.91 Å². The number of benzene rings is 1. The molecule has 112 valence electrons. The van der Waals surface area contributed by atoms with Crippen molar-refractivity contribution in [2.75, 3.05) is 33.9 Å². The highest BCUT2D eigenvalue weighted by molar-refractivity contribution is 5.77. The fourth-order valence-corrected chi connectivity index (χ4v) is 1.97. The number of rotatable bonds is 8. The Morgan fingerprint density at radius 3 is 2.45 bits per heavy atom. The average molecular weight is 280 g/mol. The third kappa shape index (κ3) is 4.74. The molecule has 0 saturated heterocycles. The quantitative estimate of drug-likeness (QED) is 0.787. The minimum atomic E-state index is 0.0508. The smallest absolute Gasteiger partial charge is 0.234 e. The minimum absolute atomic E-state index is 0.0508. The van der Waals surface area contributed by atoms with Crippen LogP contribution in [0.15, 0.2) is 18.2 Å². The van der Waals surface area contributed by atoms with E-state index < -0.39 is 0 Å². The zero-order valence-corrected chi connectivity index (χ0v) is 12.7. The Bertz CT molecular complexity index is 435. The van der Waals surface area contributed by atoms with Gasteiger partial charge in [-0.25, -0.2) is 0 Å². The Morgan fingerprint density at radius 2 is 1.90 bits per heavy atom. The third-order valence-corrected chi connectivity index (χ3v) is 3.04. The number of hydrogen-bond acceptors (Lipinski definition) is 4. The molecule has 0 heterocycles. The van der Waals surface area contributed by atoms with Crippen LogP contribution in [0, 0.1) is 0 Å². The van der Waals surface area contributed by atoms with Crippen LogP contribution >= 0.6 is 0 Å². The van der Waals surface area contributed by atoms with Crippen LogP contribution in [-0.4, -0.2) is 44.7 Å². The molecule has 20 heavy (non-hydrogen) atoms. The molecular weight excluding hydrogens is 256 g/mol. The minimum Gasteiger partial charge on any atom is -0.493 e. The number of amides is 1. The maximum absolute atomic E-state index is 11.6. The second-order valence-corrected chi connectivity index (χ2v) is 4.45. The second-order valence-electron chi connectivity index (χ2n) is 4.45. The van der Waals surface area contributed by atoms with E-state index in [1.807, 2.05) is 32.0 Å². The predicted octanol–water partition coefficient (Wildman–Crippen LogP) is 1.66. The van der Waals surface area contributed by atoms with Crippen molar-refractivity contribution in [2.45, 2.75) is 20.4 Å². The van der Waals surface area contributed by atoms with Crippen molar-refractivity contribution >= 4 is 5.91 Å². The lowest BCUT2D eigenvalue weighted by molar-refractivity contribution is -0.122. The number of ether oxygens (including phenoxy) is 2. The molecule has 1 amide bonds. The summed E-state index contributed by atoms with van der Waals surface area (Å²) in [5.41, 5.74) is 1.09. The zero-order valence-electron chi connectivity index (χ0n) is 12.7. The number of methoxy groups -OCH3 is 2. The Hall–Kier alpha value is -1.75. The fourth-order valence-electron chi connectivity index (χ4n) is 1.97. The monoisotopic (exact) mass is 280 g/mol. The number of nitrogens with one attached hydrogen (secondary N) is 1. The van der Waals surface area contributed by atoms with E-state index in [0.717, 1.165) is 12.1 Å². The first-order valence-corrected chi connectivity index (χ1v) is 6.84. The van der Waals surface area contributed by atoms with Crippen molar-refractivity contribution < 1.29 is 14.3 Å². The van der Waals surface area contributed by atoms with E-state index in [2.05, 4.69) is 10.2 Å². The molecular formula is C15H24N2O3. The molecule has 0 aliphatic heterocycles. The molecule has 0 radical (unpaired) electrons. The summed E-state index contributed by atoms with van der Waals surface area (Å²) in [6.07, 6.45) is 0. The van der Waals surface area contributed by atoms with E-state index in [0.29, 0.717) is 31.1 Å². The normalized spacial score (nSPS) is 10.4. The van der Waals surface area contributed by atoms with Gasteiger partial charge in [0.25, 0.3) is 0 Å². The maximum atomic E-state index is 11.6. The van der Waals surface area contributed by atoms with Gasteiger partial charge in [-0.3, -0.25) is 9.69 Å². The van der Waals surface area contributed by atoms with Crippen molar-refractivity contribution in [2.24, 2.45) is 0 Å². The fraction of sp³-hybridized carbons (Fsp3) is 0.533. The van der Waals surface area contributed by atoms with Gasteiger partial charge in [0.15, 0.2) is 11.5 Å². The Morgan fingerprint density at radius 1 is 1.20 bits per heavy atom. The van der Waals surface area contributed by atoms with E-state index in [-0.39, 0.29) is 5.91 Å². The van der Waals surface area contributed by atoms with Crippen molar-refractivity contribution in [3.63, 3.8) is 0 Å².